The van der Waals surface area contributed by atoms with E-state index in [4.69, 9.17) is 0 Å². The van der Waals surface area contributed by atoms with Crippen molar-refractivity contribution in [2.75, 3.05) is 15.9 Å². The average molecular weight is 400 g/mol. The fourth-order valence-corrected chi connectivity index (χ4v) is 3.76. The van der Waals surface area contributed by atoms with Crippen molar-refractivity contribution in [2.24, 2.45) is 0 Å². The molecule has 0 saturated heterocycles. The predicted octanol–water partition coefficient (Wildman–Crippen LogP) is 3.81. The van der Waals surface area contributed by atoms with Crippen LogP contribution in [-0.4, -0.2) is 26.6 Å². The lowest BCUT2D eigenvalue weighted by Gasteiger charge is -2.28. The Morgan fingerprint density at radius 2 is 1.74 bits per heavy atom. The van der Waals surface area contributed by atoms with E-state index in [0.717, 1.165) is 34.3 Å². The largest absolute Gasteiger partial charge is 0.416 e. The maximum Gasteiger partial charge on any atom is 0.416 e. The average Bonchev–Trinajstić information content (AvgIpc) is 2.53. The Kier molecular flexibility index (Phi) is 5.84. The molecule has 0 aliphatic rings. The van der Waals surface area contributed by atoms with Crippen LogP contribution in [0.2, 0.25) is 0 Å². The predicted molar refractivity (Wildman–Crippen MR) is 98.0 cm³/mol. The van der Waals surface area contributed by atoms with E-state index in [1.54, 1.807) is 31.2 Å². The molecule has 0 fully saturated rings. The highest BCUT2D eigenvalue weighted by Gasteiger charge is 2.32. The van der Waals surface area contributed by atoms with Gasteiger partial charge in [-0.05, 0) is 49.7 Å². The monoisotopic (exact) mass is 400 g/mol. The lowest BCUT2D eigenvalue weighted by atomic mass is 10.1. The molecule has 0 radical (unpaired) electrons. The highest BCUT2D eigenvalue weighted by molar-refractivity contribution is 7.92. The summed E-state index contributed by atoms with van der Waals surface area (Å²) < 4.78 is 63.8. The quantitative estimate of drug-likeness (QED) is 0.830. The molecule has 0 unspecified atom stereocenters. The number of carbonyl (C=O) groups excluding carboxylic acids is 1. The normalized spacial score (nSPS) is 13.1. The second-order valence-corrected chi connectivity index (χ2v) is 8.00. The molecule has 2 aromatic carbocycles. The lowest BCUT2D eigenvalue weighted by molar-refractivity contribution is -0.137. The number of nitrogens with one attached hydrogen (secondary N) is 1. The maximum atomic E-state index is 12.8. The minimum absolute atomic E-state index is 0.0700. The highest BCUT2D eigenvalue weighted by atomic mass is 32.2. The van der Waals surface area contributed by atoms with E-state index in [9.17, 15) is 26.4 Å². The Hall–Kier alpha value is -2.55. The van der Waals surface area contributed by atoms with Crippen molar-refractivity contribution in [1.82, 2.24) is 0 Å². The number of alkyl halides is 3. The molecule has 1 atom stereocenters. The van der Waals surface area contributed by atoms with Crippen LogP contribution in [0.5, 0.6) is 0 Å². The third-order valence-electron chi connectivity index (χ3n) is 3.80. The van der Waals surface area contributed by atoms with Gasteiger partial charge in [-0.1, -0.05) is 18.2 Å². The van der Waals surface area contributed by atoms with Crippen molar-refractivity contribution < 1.29 is 26.4 Å². The van der Waals surface area contributed by atoms with Crippen LogP contribution in [0, 0.1) is 6.92 Å². The molecule has 0 aliphatic carbocycles. The topological polar surface area (TPSA) is 66.5 Å². The summed E-state index contributed by atoms with van der Waals surface area (Å²) in [5, 5.41) is 2.35. The second-order valence-electron chi connectivity index (χ2n) is 6.14. The number of anilines is 2. The molecule has 0 spiro atoms. The number of nitrogens with zero attached hydrogens (tertiary/aromatic N) is 1. The molecule has 0 aromatic heterocycles. The van der Waals surface area contributed by atoms with Gasteiger partial charge in [-0.3, -0.25) is 9.10 Å². The Labute approximate surface area is 155 Å². The number of hydrogen-bond donors (Lipinski definition) is 1. The second kappa shape index (κ2) is 7.59. The van der Waals surface area contributed by atoms with E-state index >= 15 is 0 Å². The van der Waals surface area contributed by atoms with Gasteiger partial charge in [0.05, 0.1) is 17.5 Å². The van der Waals surface area contributed by atoms with Crippen molar-refractivity contribution in [2.45, 2.75) is 26.1 Å². The summed E-state index contributed by atoms with van der Waals surface area (Å²) in [6.45, 7) is 3.14. The van der Waals surface area contributed by atoms with Crippen LogP contribution < -0.4 is 9.62 Å². The molecule has 0 aliphatic heterocycles. The number of carbonyl (C=O) groups is 1. The molecular weight excluding hydrogens is 381 g/mol. The van der Waals surface area contributed by atoms with E-state index in [2.05, 4.69) is 5.32 Å². The summed E-state index contributed by atoms with van der Waals surface area (Å²) in [7, 11) is -3.81. The van der Waals surface area contributed by atoms with Gasteiger partial charge in [0.15, 0.2) is 0 Å². The summed E-state index contributed by atoms with van der Waals surface area (Å²) in [5.74, 6) is -0.749. The number of rotatable bonds is 5. The van der Waals surface area contributed by atoms with Gasteiger partial charge in [-0.25, -0.2) is 8.42 Å². The minimum atomic E-state index is -4.55. The van der Waals surface area contributed by atoms with Crippen molar-refractivity contribution in [1.29, 1.82) is 0 Å². The number of halogens is 3. The highest BCUT2D eigenvalue weighted by Crippen LogP contribution is 2.31. The first kappa shape index (κ1) is 20.8. The zero-order chi connectivity index (χ0) is 20.4. The Bertz CT molecular complexity index is 943. The van der Waals surface area contributed by atoms with Gasteiger partial charge < -0.3 is 5.32 Å². The zero-order valence-electron chi connectivity index (χ0n) is 14.9. The Morgan fingerprint density at radius 3 is 2.30 bits per heavy atom. The van der Waals surface area contributed by atoms with E-state index < -0.39 is 33.7 Å². The molecule has 1 amide bonds. The molecule has 0 saturated carbocycles. The fourth-order valence-electron chi connectivity index (χ4n) is 2.59. The molecule has 2 aromatic rings. The third kappa shape index (κ3) is 5.22. The molecule has 2 rings (SSSR count). The smallest absolute Gasteiger partial charge is 0.324 e. The molecule has 9 heteroatoms. The number of aryl methyl sites for hydroxylation is 1. The molecule has 146 valence electrons. The molecule has 27 heavy (non-hydrogen) atoms. The molecule has 1 N–H and O–H groups in total. The van der Waals surface area contributed by atoms with E-state index in [0.29, 0.717) is 5.69 Å². The lowest BCUT2D eigenvalue weighted by Crippen LogP contribution is -2.45. The van der Waals surface area contributed by atoms with E-state index in [-0.39, 0.29) is 5.69 Å². The minimum Gasteiger partial charge on any atom is -0.324 e. The van der Waals surface area contributed by atoms with Crippen LogP contribution in [0.1, 0.15) is 18.1 Å². The van der Waals surface area contributed by atoms with Gasteiger partial charge in [0.2, 0.25) is 15.9 Å². The summed E-state index contributed by atoms with van der Waals surface area (Å²) in [6, 6.07) is 9.55. The molecular formula is C18H19F3N2O3S. The van der Waals surface area contributed by atoms with Crippen LogP contribution in [0.25, 0.3) is 0 Å². The van der Waals surface area contributed by atoms with E-state index in [1.807, 2.05) is 0 Å². The van der Waals surface area contributed by atoms with Crippen molar-refractivity contribution in [3.8, 4) is 0 Å². The van der Waals surface area contributed by atoms with Gasteiger partial charge in [0.1, 0.15) is 6.04 Å². The van der Waals surface area contributed by atoms with Crippen molar-refractivity contribution >= 4 is 27.3 Å². The first-order valence-corrected chi connectivity index (χ1v) is 9.78. The number of benzene rings is 2. The summed E-state index contributed by atoms with van der Waals surface area (Å²) >= 11 is 0. The summed E-state index contributed by atoms with van der Waals surface area (Å²) in [6.07, 6.45) is -3.59. The van der Waals surface area contributed by atoms with Crippen LogP contribution in [-0.2, 0) is 21.0 Å². The fraction of sp³-hybridized carbons (Fsp3) is 0.278. The first-order chi connectivity index (χ1) is 12.4. The van der Waals surface area contributed by atoms with E-state index in [1.165, 1.54) is 13.0 Å². The summed E-state index contributed by atoms with van der Waals surface area (Å²) in [5.41, 5.74) is 0.113. The van der Waals surface area contributed by atoms with Crippen LogP contribution in [0.15, 0.2) is 48.5 Å². The van der Waals surface area contributed by atoms with Gasteiger partial charge in [0.25, 0.3) is 0 Å². The molecule has 5 nitrogen and oxygen atoms in total. The molecule has 0 bridgehead atoms. The number of amides is 1. The molecule has 0 heterocycles. The SMILES string of the molecule is Cc1cccc(N([C@@H](C)C(=O)Nc2cccc(C(F)(F)F)c2)S(C)(=O)=O)c1. The van der Waals surface area contributed by atoms with Gasteiger partial charge in [-0.2, -0.15) is 13.2 Å². The van der Waals surface area contributed by atoms with Crippen molar-refractivity contribution in [3.05, 3.63) is 59.7 Å². The number of sulfonamides is 1. The standard InChI is InChI=1S/C18H19F3N2O3S/c1-12-6-4-9-16(10-12)23(27(3,25)26)13(2)17(24)22-15-8-5-7-14(11-15)18(19,20)21/h4-11,13H,1-3H3,(H,22,24)/t13-/m0/s1. The van der Waals surface area contributed by atoms with Gasteiger partial charge >= 0.3 is 6.18 Å². The van der Waals surface area contributed by atoms with Gasteiger partial charge in [0, 0.05) is 5.69 Å². The zero-order valence-corrected chi connectivity index (χ0v) is 15.7. The van der Waals surface area contributed by atoms with Crippen molar-refractivity contribution in [3.63, 3.8) is 0 Å². The van der Waals surface area contributed by atoms with Gasteiger partial charge in [-0.15, -0.1) is 0 Å². The van der Waals surface area contributed by atoms with Crippen LogP contribution >= 0.6 is 0 Å². The van der Waals surface area contributed by atoms with Crippen LogP contribution in [0.3, 0.4) is 0 Å². The summed E-state index contributed by atoms with van der Waals surface area (Å²) in [4.78, 5) is 12.5. The maximum absolute atomic E-state index is 12.8. The first-order valence-electron chi connectivity index (χ1n) is 7.94. The Balaban J connectivity index is 2.31. The third-order valence-corrected chi connectivity index (χ3v) is 5.04. The Morgan fingerprint density at radius 1 is 1.11 bits per heavy atom. The van der Waals surface area contributed by atoms with Crippen LogP contribution in [0.4, 0.5) is 24.5 Å². The number of hydrogen-bond acceptors (Lipinski definition) is 3.